The number of aromatic nitrogens is 1. The van der Waals surface area contributed by atoms with Crippen LogP contribution in [-0.4, -0.2) is 35.5 Å². The molecular weight excluding hydrogens is 560 g/mol. The first-order valence-corrected chi connectivity index (χ1v) is 13.3. The number of carbonyl (C=O) groups excluding carboxylic acids is 1. The summed E-state index contributed by atoms with van der Waals surface area (Å²) in [5, 5.41) is 10.6. The molecule has 0 unspecified atom stereocenters. The highest BCUT2D eigenvalue weighted by molar-refractivity contribution is 9.10. The topological polar surface area (TPSA) is 99.4 Å². The number of thiazole rings is 1. The van der Waals surface area contributed by atoms with Crippen molar-refractivity contribution in [3.8, 4) is 17.2 Å². The summed E-state index contributed by atoms with van der Waals surface area (Å²) in [4.78, 5) is 31.8. The van der Waals surface area contributed by atoms with E-state index in [9.17, 15) is 14.7 Å². The third-order valence-corrected chi connectivity index (χ3v) is 7.10. The number of hydrogen-bond donors (Lipinski definition) is 1. The summed E-state index contributed by atoms with van der Waals surface area (Å²) in [5.74, 6) is 0.344. The van der Waals surface area contributed by atoms with Gasteiger partial charge in [0, 0.05) is 10.0 Å². The largest absolute Gasteiger partial charge is 0.504 e. The molecule has 0 saturated carbocycles. The van der Waals surface area contributed by atoms with E-state index in [0.29, 0.717) is 42.0 Å². The number of rotatable bonds is 7. The normalized spacial score (nSPS) is 15.4. The summed E-state index contributed by atoms with van der Waals surface area (Å²) in [7, 11) is 1.45. The van der Waals surface area contributed by atoms with Crippen LogP contribution in [0.1, 0.15) is 44.9 Å². The van der Waals surface area contributed by atoms with Gasteiger partial charge in [0.15, 0.2) is 16.3 Å². The molecule has 8 nitrogen and oxygen atoms in total. The van der Waals surface area contributed by atoms with E-state index in [1.807, 2.05) is 38.1 Å². The lowest BCUT2D eigenvalue weighted by Gasteiger charge is -2.25. The number of carbonyl (C=O) groups is 1. The quantitative estimate of drug-likeness (QED) is 0.419. The Morgan fingerprint density at radius 3 is 2.59 bits per heavy atom. The average Bonchev–Trinajstić information content (AvgIpc) is 3.14. The van der Waals surface area contributed by atoms with Crippen LogP contribution in [0.2, 0.25) is 0 Å². The van der Waals surface area contributed by atoms with E-state index in [4.69, 9.17) is 14.2 Å². The Morgan fingerprint density at radius 1 is 1.27 bits per heavy atom. The van der Waals surface area contributed by atoms with E-state index in [1.165, 1.54) is 23.0 Å². The fourth-order valence-corrected chi connectivity index (χ4v) is 5.60. The molecule has 1 aliphatic rings. The molecule has 0 bridgehead atoms. The molecular formula is C27H27BrN2O6S. The molecule has 0 fully saturated rings. The van der Waals surface area contributed by atoms with Crippen LogP contribution < -0.4 is 24.4 Å². The van der Waals surface area contributed by atoms with Crippen molar-refractivity contribution in [2.45, 2.75) is 39.8 Å². The maximum absolute atomic E-state index is 13.8. The number of ether oxygens (including phenoxy) is 3. The van der Waals surface area contributed by atoms with E-state index in [-0.39, 0.29) is 29.8 Å². The zero-order chi connectivity index (χ0) is 26.9. The van der Waals surface area contributed by atoms with E-state index < -0.39 is 12.0 Å². The van der Waals surface area contributed by atoms with Gasteiger partial charge in [-0.25, -0.2) is 9.79 Å². The van der Waals surface area contributed by atoms with Gasteiger partial charge in [-0.1, -0.05) is 39.4 Å². The molecule has 0 saturated heterocycles. The Balaban J connectivity index is 1.93. The summed E-state index contributed by atoms with van der Waals surface area (Å²) in [6, 6.07) is 9.89. The van der Waals surface area contributed by atoms with Crippen molar-refractivity contribution in [3.63, 3.8) is 0 Å². The molecule has 0 radical (unpaired) electrons. The summed E-state index contributed by atoms with van der Waals surface area (Å²) >= 11 is 4.58. The van der Waals surface area contributed by atoms with E-state index >= 15 is 0 Å². The summed E-state index contributed by atoms with van der Waals surface area (Å²) in [6.45, 7) is 7.54. The molecule has 1 aliphatic heterocycles. The number of nitrogens with zero attached hydrogens (tertiary/aromatic N) is 2. The number of halogens is 1. The van der Waals surface area contributed by atoms with Crippen molar-refractivity contribution in [1.29, 1.82) is 0 Å². The zero-order valence-electron chi connectivity index (χ0n) is 21.1. The summed E-state index contributed by atoms with van der Waals surface area (Å²) in [6.07, 6.45) is 1.60. The van der Waals surface area contributed by atoms with Crippen molar-refractivity contribution in [1.82, 2.24) is 4.57 Å². The van der Waals surface area contributed by atoms with Crippen LogP contribution in [0, 0.1) is 0 Å². The molecule has 10 heteroatoms. The molecule has 2 heterocycles. The fourth-order valence-electron chi connectivity index (χ4n) is 4.11. The van der Waals surface area contributed by atoms with Crippen LogP contribution in [0.25, 0.3) is 6.08 Å². The van der Waals surface area contributed by atoms with Crippen LogP contribution >= 0.6 is 27.3 Å². The Bertz CT molecular complexity index is 1550. The Labute approximate surface area is 226 Å². The van der Waals surface area contributed by atoms with Gasteiger partial charge in [0.1, 0.15) is 5.75 Å². The van der Waals surface area contributed by atoms with Gasteiger partial charge in [-0.3, -0.25) is 9.36 Å². The minimum Gasteiger partial charge on any atom is -0.504 e. The van der Waals surface area contributed by atoms with Gasteiger partial charge in [-0.2, -0.15) is 0 Å². The maximum Gasteiger partial charge on any atom is 0.338 e. The molecule has 3 aromatic rings. The second kappa shape index (κ2) is 10.9. The number of methoxy groups -OCH3 is 1. The third kappa shape index (κ3) is 5.35. The monoisotopic (exact) mass is 586 g/mol. The molecule has 1 N–H and O–H groups in total. The summed E-state index contributed by atoms with van der Waals surface area (Å²) in [5.41, 5.74) is 1.55. The Kier molecular flexibility index (Phi) is 7.89. The van der Waals surface area contributed by atoms with Gasteiger partial charge >= 0.3 is 5.97 Å². The van der Waals surface area contributed by atoms with Gasteiger partial charge in [0.25, 0.3) is 5.56 Å². The molecule has 2 aromatic carbocycles. The van der Waals surface area contributed by atoms with Crippen molar-refractivity contribution in [2.24, 2.45) is 4.99 Å². The van der Waals surface area contributed by atoms with Crippen LogP contribution in [0.5, 0.6) is 17.2 Å². The van der Waals surface area contributed by atoms with Gasteiger partial charge in [0.2, 0.25) is 0 Å². The highest BCUT2D eigenvalue weighted by Crippen LogP contribution is 2.34. The number of phenolic OH excluding ortho intramolecular Hbond substituents is 1. The Hall–Kier alpha value is -3.37. The minimum atomic E-state index is -0.740. The van der Waals surface area contributed by atoms with Crippen LogP contribution in [-0.2, 0) is 9.53 Å². The molecule has 0 amide bonds. The highest BCUT2D eigenvalue weighted by Gasteiger charge is 2.33. The first-order chi connectivity index (χ1) is 17.6. The molecule has 37 heavy (non-hydrogen) atoms. The third-order valence-electron chi connectivity index (χ3n) is 5.66. The lowest BCUT2D eigenvalue weighted by Crippen LogP contribution is -2.39. The first kappa shape index (κ1) is 26.7. The lowest BCUT2D eigenvalue weighted by molar-refractivity contribution is -0.139. The second-order valence-corrected chi connectivity index (χ2v) is 10.5. The van der Waals surface area contributed by atoms with Gasteiger partial charge in [-0.05, 0) is 63.6 Å². The van der Waals surface area contributed by atoms with Crippen molar-refractivity contribution in [2.75, 3.05) is 13.7 Å². The molecule has 1 aromatic heterocycles. The predicted molar refractivity (Wildman–Crippen MR) is 145 cm³/mol. The minimum absolute atomic E-state index is 0.00817. The van der Waals surface area contributed by atoms with Crippen LogP contribution in [0.3, 0.4) is 0 Å². The number of benzene rings is 2. The number of phenols is 1. The Morgan fingerprint density at radius 2 is 1.97 bits per heavy atom. The lowest BCUT2D eigenvalue weighted by atomic mass is 9.96. The number of hydrogen-bond acceptors (Lipinski definition) is 8. The van der Waals surface area contributed by atoms with Gasteiger partial charge in [0.05, 0.1) is 41.7 Å². The van der Waals surface area contributed by atoms with Gasteiger partial charge in [-0.15, -0.1) is 0 Å². The molecule has 1 atom stereocenters. The number of aromatic hydroxyl groups is 1. The second-order valence-electron chi connectivity index (χ2n) is 8.58. The van der Waals surface area contributed by atoms with E-state index in [0.717, 1.165) is 0 Å². The standard InChI is InChI=1S/C27H27BrN2O6S/c1-6-35-26(33)22-15(4)29-27-30(23(22)16-7-9-19(10-8-16)36-14(2)3)25(32)21(37-27)12-17-11-18(28)13-20(34-5)24(17)31/h7-14,23,31H,6H2,1-5H3/b21-12+/t23-/m0/s1. The first-order valence-electron chi connectivity index (χ1n) is 11.7. The smallest absolute Gasteiger partial charge is 0.338 e. The van der Waals surface area contributed by atoms with Crippen molar-refractivity contribution in [3.05, 3.63) is 83.0 Å². The van der Waals surface area contributed by atoms with Gasteiger partial charge < -0.3 is 19.3 Å². The number of allylic oxidation sites excluding steroid dienone is 1. The van der Waals surface area contributed by atoms with E-state index in [1.54, 1.807) is 32.1 Å². The van der Waals surface area contributed by atoms with E-state index in [2.05, 4.69) is 20.9 Å². The molecule has 0 aliphatic carbocycles. The predicted octanol–water partition coefficient (Wildman–Crippen LogP) is 4.06. The maximum atomic E-state index is 13.8. The number of esters is 1. The SMILES string of the molecule is CCOC(=O)C1=C(C)N=c2s/c(=C/c3cc(Br)cc(OC)c3O)c(=O)n2[C@H]1c1ccc(OC(C)C)cc1. The highest BCUT2D eigenvalue weighted by atomic mass is 79.9. The fraction of sp³-hybridized carbons (Fsp3) is 0.296. The van der Waals surface area contributed by atoms with Crippen molar-refractivity contribution < 1.29 is 24.1 Å². The summed E-state index contributed by atoms with van der Waals surface area (Å²) < 4.78 is 18.9. The molecule has 4 rings (SSSR count). The zero-order valence-corrected chi connectivity index (χ0v) is 23.5. The average molecular weight is 587 g/mol. The van der Waals surface area contributed by atoms with Crippen LogP contribution in [0.15, 0.2) is 61.9 Å². The molecule has 0 spiro atoms. The molecule has 194 valence electrons. The number of fused-ring (bicyclic) bond motifs is 1. The van der Waals surface area contributed by atoms with Crippen molar-refractivity contribution >= 4 is 39.3 Å². The van der Waals surface area contributed by atoms with Crippen LogP contribution in [0.4, 0.5) is 0 Å².